The predicted molar refractivity (Wildman–Crippen MR) is 110 cm³/mol. The van der Waals surface area contributed by atoms with Gasteiger partial charge in [0.1, 0.15) is 18.0 Å². The zero-order valence-corrected chi connectivity index (χ0v) is 17.7. The Bertz CT molecular complexity index is 592. The van der Waals surface area contributed by atoms with Crippen LogP contribution in [0.15, 0.2) is 24.3 Å². The summed E-state index contributed by atoms with van der Waals surface area (Å²) in [6.45, 7) is 10.4. The summed E-state index contributed by atoms with van der Waals surface area (Å²) in [6, 6.07) is 6.78. The van der Waals surface area contributed by atoms with Gasteiger partial charge in [-0.15, -0.1) is 0 Å². The maximum Gasteiger partial charge on any atom is 0.307 e. The van der Waals surface area contributed by atoms with Crippen LogP contribution in [0.4, 0.5) is 0 Å². The molecule has 0 aliphatic carbocycles. The normalized spacial score (nSPS) is 11.5. The average Bonchev–Trinajstić information content (AvgIpc) is 2.65. The van der Waals surface area contributed by atoms with Crippen molar-refractivity contribution >= 4 is 11.8 Å². The number of carbonyl (C=O) groups excluding carboxylic acids is 2. The van der Waals surface area contributed by atoms with Crippen LogP contribution in [0.25, 0.3) is 0 Å². The topological polar surface area (TPSA) is 76.1 Å². The van der Waals surface area contributed by atoms with Crippen LogP contribution in [0, 0.1) is 0 Å². The molecular weight excluding hydrogens is 358 g/mol. The van der Waals surface area contributed by atoms with Crippen LogP contribution < -0.4 is 4.74 Å². The van der Waals surface area contributed by atoms with E-state index in [0.717, 1.165) is 25.8 Å². The Morgan fingerprint density at radius 3 is 2.25 bits per heavy atom. The number of ether oxygens (including phenoxy) is 2. The van der Waals surface area contributed by atoms with Crippen molar-refractivity contribution in [1.82, 2.24) is 4.90 Å². The monoisotopic (exact) mass is 393 g/mol. The summed E-state index contributed by atoms with van der Waals surface area (Å²) >= 11 is 0. The highest BCUT2D eigenvalue weighted by atomic mass is 16.5. The van der Waals surface area contributed by atoms with E-state index in [-0.39, 0.29) is 11.8 Å². The standard InChI is InChI=1S/C22H35NO5/c1-5-7-16-28-20(24)12-14-23(13-6-2)15-17-27-19-10-8-18(9-11-19)21(25)22(3,4)26/h8-11,26H,5-7,12-17H2,1-4H3. The number of unbranched alkanes of at least 4 members (excludes halogenated alkanes) is 1. The molecule has 0 unspecified atom stereocenters. The molecular formula is C22H35NO5. The van der Waals surface area contributed by atoms with Crippen LogP contribution >= 0.6 is 0 Å². The third-order valence-corrected chi connectivity index (χ3v) is 4.28. The van der Waals surface area contributed by atoms with Gasteiger partial charge < -0.3 is 14.6 Å². The molecule has 1 rings (SSSR count). The second-order valence-corrected chi connectivity index (χ2v) is 7.43. The number of carbonyl (C=O) groups is 2. The fourth-order valence-corrected chi connectivity index (χ4v) is 2.65. The number of hydrogen-bond donors (Lipinski definition) is 1. The molecule has 0 saturated heterocycles. The van der Waals surface area contributed by atoms with Crippen LogP contribution in [0.1, 0.15) is 63.7 Å². The molecule has 1 aromatic carbocycles. The van der Waals surface area contributed by atoms with Crippen LogP contribution in [0.5, 0.6) is 5.75 Å². The van der Waals surface area contributed by atoms with Crippen molar-refractivity contribution in [3.05, 3.63) is 29.8 Å². The molecule has 6 nitrogen and oxygen atoms in total. The number of hydrogen-bond acceptors (Lipinski definition) is 6. The quantitative estimate of drug-likeness (QED) is 0.296. The number of rotatable bonds is 14. The summed E-state index contributed by atoms with van der Waals surface area (Å²) in [5.41, 5.74) is -0.935. The lowest BCUT2D eigenvalue weighted by molar-refractivity contribution is -0.144. The molecule has 0 radical (unpaired) electrons. The van der Waals surface area contributed by atoms with E-state index >= 15 is 0 Å². The van der Waals surface area contributed by atoms with Gasteiger partial charge in [-0.1, -0.05) is 20.3 Å². The Morgan fingerprint density at radius 1 is 1.00 bits per heavy atom. The highest BCUT2D eigenvalue weighted by Crippen LogP contribution is 2.17. The zero-order valence-electron chi connectivity index (χ0n) is 17.7. The SMILES string of the molecule is CCCCOC(=O)CCN(CCC)CCOc1ccc(C(=O)C(C)(C)O)cc1. The van der Waals surface area contributed by atoms with Crippen molar-refractivity contribution < 1.29 is 24.2 Å². The molecule has 0 amide bonds. The summed E-state index contributed by atoms with van der Waals surface area (Å²) in [6.07, 6.45) is 3.30. The first-order valence-corrected chi connectivity index (χ1v) is 10.2. The minimum atomic E-state index is -1.39. The Kier molecular flexibility index (Phi) is 10.8. The van der Waals surface area contributed by atoms with Gasteiger partial charge in [-0.2, -0.15) is 0 Å². The van der Waals surface area contributed by atoms with Crippen LogP contribution in [-0.4, -0.2) is 60.2 Å². The molecule has 0 atom stereocenters. The van der Waals surface area contributed by atoms with E-state index in [9.17, 15) is 14.7 Å². The van der Waals surface area contributed by atoms with Crippen molar-refractivity contribution in [3.8, 4) is 5.75 Å². The Labute approximate surface area is 168 Å². The summed E-state index contributed by atoms with van der Waals surface area (Å²) < 4.78 is 11.0. The first-order valence-electron chi connectivity index (χ1n) is 10.2. The lowest BCUT2D eigenvalue weighted by atomic mass is 9.97. The molecule has 28 heavy (non-hydrogen) atoms. The van der Waals surface area contributed by atoms with Gasteiger partial charge >= 0.3 is 5.97 Å². The van der Waals surface area contributed by atoms with Gasteiger partial charge in [-0.3, -0.25) is 14.5 Å². The van der Waals surface area contributed by atoms with E-state index in [1.807, 2.05) is 0 Å². The molecule has 0 spiro atoms. The molecule has 0 fully saturated rings. The minimum absolute atomic E-state index is 0.150. The van der Waals surface area contributed by atoms with E-state index in [1.54, 1.807) is 24.3 Å². The van der Waals surface area contributed by atoms with Gasteiger partial charge in [0, 0.05) is 18.7 Å². The number of esters is 1. The van der Waals surface area contributed by atoms with Gasteiger partial charge in [-0.05, 0) is 57.5 Å². The van der Waals surface area contributed by atoms with Gasteiger partial charge in [0.05, 0.1) is 13.0 Å². The molecule has 0 aliphatic rings. The summed E-state index contributed by atoms with van der Waals surface area (Å²) in [7, 11) is 0. The molecule has 0 bridgehead atoms. The molecule has 1 N–H and O–H groups in total. The van der Waals surface area contributed by atoms with Crippen molar-refractivity contribution in [1.29, 1.82) is 0 Å². The van der Waals surface area contributed by atoms with E-state index in [1.165, 1.54) is 13.8 Å². The summed E-state index contributed by atoms with van der Waals surface area (Å²) in [5.74, 6) is 0.198. The van der Waals surface area contributed by atoms with E-state index in [2.05, 4.69) is 18.7 Å². The van der Waals surface area contributed by atoms with E-state index in [0.29, 0.717) is 44.0 Å². The third-order valence-electron chi connectivity index (χ3n) is 4.28. The minimum Gasteiger partial charge on any atom is -0.492 e. The largest absolute Gasteiger partial charge is 0.492 e. The van der Waals surface area contributed by atoms with Crippen molar-refractivity contribution in [2.45, 2.75) is 59.0 Å². The van der Waals surface area contributed by atoms with Crippen LogP contribution in [0.3, 0.4) is 0 Å². The molecule has 0 aliphatic heterocycles. The Morgan fingerprint density at radius 2 is 1.68 bits per heavy atom. The fraction of sp³-hybridized carbons (Fsp3) is 0.636. The maximum atomic E-state index is 12.0. The molecule has 0 heterocycles. The van der Waals surface area contributed by atoms with Gasteiger partial charge in [-0.25, -0.2) is 0 Å². The number of ketones is 1. The summed E-state index contributed by atoms with van der Waals surface area (Å²) in [5, 5.41) is 9.79. The number of benzene rings is 1. The number of aliphatic hydroxyl groups is 1. The lowest BCUT2D eigenvalue weighted by Gasteiger charge is -2.21. The third kappa shape index (κ3) is 9.33. The first-order chi connectivity index (χ1) is 13.3. The van der Waals surface area contributed by atoms with Crippen molar-refractivity contribution in [2.24, 2.45) is 0 Å². The van der Waals surface area contributed by atoms with Crippen molar-refractivity contribution in [3.63, 3.8) is 0 Å². The molecule has 0 saturated carbocycles. The second kappa shape index (κ2) is 12.5. The second-order valence-electron chi connectivity index (χ2n) is 7.43. The van der Waals surface area contributed by atoms with Gasteiger partial charge in [0.25, 0.3) is 0 Å². The van der Waals surface area contributed by atoms with E-state index < -0.39 is 5.60 Å². The summed E-state index contributed by atoms with van der Waals surface area (Å²) in [4.78, 5) is 26.0. The average molecular weight is 394 g/mol. The predicted octanol–water partition coefficient (Wildman–Crippen LogP) is 3.46. The van der Waals surface area contributed by atoms with Gasteiger partial charge in [0.2, 0.25) is 0 Å². The Balaban J connectivity index is 2.41. The lowest BCUT2D eigenvalue weighted by Crippen LogP contribution is -2.32. The molecule has 158 valence electrons. The Hall–Kier alpha value is -1.92. The van der Waals surface area contributed by atoms with Gasteiger partial charge in [0.15, 0.2) is 5.78 Å². The van der Waals surface area contributed by atoms with Crippen LogP contribution in [-0.2, 0) is 9.53 Å². The first kappa shape index (κ1) is 24.1. The number of Topliss-reactive ketones (excluding diaryl/α,β-unsaturated/α-hetero) is 1. The van der Waals surface area contributed by atoms with Crippen molar-refractivity contribution in [2.75, 3.05) is 32.8 Å². The number of nitrogens with zero attached hydrogens (tertiary/aromatic N) is 1. The molecule has 0 aromatic heterocycles. The smallest absolute Gasteiger partial charge is 0.307 e. The molecule has 1 aromatic rings. The van der Waals surface area contributed by atoms with E-state index in [4.69, 9.17) is 9.47 Å². The zero-order chi connectivity index (χ0) is 21.0. The van der Waals surface area contributed by atoms with Crippen LogP contribution in [0.2, 0.25) is 0 Å². The molecule has 6 heteroatoms. The maximum absolute atomic E-state index is 12.0. The highest BCUT2D eigenvalue weighted by Gasteiger charge is 2.24. The highest BCUT2D eigenvalue weighted by molar-refractivity contribution is 6.01. The fourth-order valence-electron chi connectivity index (χ4n) is 2.65.